The molecule has 0 aliphatic carbocycles. The molecule has 25 heavy (non-hydrogen) atoms. The highest BCUT2D eigenvalue weighted by Crippen LogP contribution is 2.17. The van der Waals surface area contributed by atoms with E-state index in [2.05, 4.69) is 80.7 Å². The molecule has 3 aromatic carbocycles. The minimum atomic E-state index is 0.598. The van der Waals surface area contributed by atoms with Crippen LogP contribution in [0.4, 0.5) is 5.69 Å². The normalized spacial score (nSPS) is 10.5. The molecule has 0 saturated heterocycles. The Bertz CT molecular complexity index is 820. The largest absolute Gasteiger partial charge is 0.489 e. The maximum atomic E-state index is 5.86. The summed E-state index contributed by atoms with van der Waals surface area (Å²) in [4.78, 5) is 0. The first-order valence-corrected chi connectivity index (χ1v) is 8.68. The molecule has 0 amide bonds. The Morgan fingerprint density at radius 3 is 2.08 bits per heavy atom. The summed E-state index contributed by atoms with van der Waals surface area (Å²) in [5.74, 6) is 0.899. The molecule has 0 aromatic heterocycles. The summed E-state index contributed by atoms with van der Waals surface area (Å²) in [5, 5.41) is 3.47. The van der Waals surface area contributed by atoms with Crippen LogP contribution in [0.2, 0.25) is 0 Å². The molecule has 0 bridgehead atoms. The first-order valence-electron chi connectivity index (χ1n) is 8.68. The fourth-order valence-electron chi connectivity index (χ4n) is 2.61. The number of nitrogens with one attached hydrogen (secondary N) is 1. The summed E-state index contributed by atoms with van der Waals surface area (Å²) in [5.41, 5.74) is 7.48. The van der Waals surface area contributed by atoms with E-state index in [1.165, 1.54) is 27.8 Å². The smallest absolute Gasteiger partial charge is 0.119 e. The fraction of sp³-hybridized carbons (Fsp3) is 0.217. The van der Waals surface area contributed by atoms with Gasteiger partial charge >= 0.3 is 0 Å². The lowest BCUT2D eigenvalue weighted by Gasteiger charge is -2.10. The maximum absolute atomic E-state index is 5.86. The van der Waals surface area contributed by atoms with Crippen LogP contribution in [-0.2, 0) is 13.2 Å². The molecule has 2 nitrogen and oxygen atoms in total. The topological polar surface area (TPSA) is 21.3 Å². The lowest BCUT2D eigenvalue weighted by atomic mass is 10.1. The van der Waals surface area contributed by atoms with Gasteiger partial charge in [-0.3, -0.25) is 0 Å². The van der Waals surface area contributed by atoms with Crippen LogP contribution in [0.1, 0.15) is 27.8 Å². The van der Waals surface area contributed by atoms with Crippen molar-refractivity contribution in [2.45, 2.75) is 33.9 Å². The number of ether oxygens (including phenoxy) is 1. The van der Waals surface area contributed by atoms with Gasteiger partial charge in [0.05, 0.1) is 0 Å². The van der Waals surface area contributed by atoms with E-state index in [9.17, 15) is 0 Å². The second-order valence-electron chi connectivity index (χ2n) is 6.57. The Balaban J connectivity index is 1.53. The van der Waals surface area contributed by atoms with Crippen molar-refractivity contribution in [2.75, 3.05) is 5.32 Å². The molecule has 3 aromatic rings. The molecular weight excluding hydrogens is 306 g/mol. The Hall–Kier alpha value is -2.74. The number of hydrogen-bond acceptors (Lipinski definition) is 2. The van der Waals surface area contributed by atoms with Crippen molar-refractivity contribution in [3.8, 4) is 5.75 Å². The van der Waals surface area contributed by atoms with E-state index in [-0.39, 0.29) is 0 Å². The molecule has 0 radical (unpaired) electrons. The van der Waals surface area contributed by atoms with Gasteiger partial charge in [0.25, 0.3) is 0 Å². The number of anilines is 1. The van der Waals surface area contributed by atoms with E-state index in [1.54, 1.807) is 0 Å². The summed E-state index contributed by atoms with van der Waals surface area (Å²) in [7, 11) is 0. The minimum Gasteiger partial charge on any atom is -0.489 e. The van der Waals surface area contributed by atoms with E-state index in [1.807, 2.05) is 12.1 Å². The summed E-state index contributed by atoms with van der Waals surface area (Å²) in [6.45, 7) is 7.77. The summed E-state index contributed by atoms with van der Waals surface area (Å²) in [6, 6.07) is 23.2. The molecule has 0 unspecified atom stereocenters. The third kappa shape index (κ3) is 4.87. The van der Waals surface area contributed by atoms with Crippen molar-refractivity contribution < 1.29 is 4.74 Å². The number of rotatable bonds is 6. The van der Waals surface area contributed by atoms with Crippen LogP contribution in [0.25, 0.3) is 0 Å². The van der Waals surface area contributed by atoms with Gasteiger partial charge in [-0.15, -0.1) is 0 Å². The number of hydrogen-bond donors (Lipinski definition) is 1. The Labute approximate surface area is 150 Å². The van der Waals surface area contributed by atoms with Gasteiger partial charge in [-0.1, -0.05) is 48.0 Å². The van der Waals surface area contributed by atoms with Gasteiger partial charge in [-0.05, 0) is 67.3 Å². The number of aryl methyl sites for hydroxylation is 3. The first kappa shape index (κ1) is 17.1. The summed E-state index contributed by atoms with van der Waals surface area (Å²) < 4.78 is 5.86. The third-order valence-corrected chi connectivity index (χ3v) is 4.45. The predicted molar refractivity (Wildman–Crippen MR) is 105 cm³/mol. The van der Waals surface area contributed by atoms with E-state index in [0.29, 0.717) is 6.61 Å². The second kappa shape index (κ2) is 7.89. The van der Waals surface area contributed by atoms with Crippen LogP contribution >= 0.6 is 0 Å². The van der Waals surface area contributed by atoms with Gasteiger partial charge in [-0.2, -0.15) is 0 Å². The van der Waals surface area contributed by atoms with Crippen LogP contribution in [-0.4, -0.2) is 0 Å². The third-order valence-electron chi connectivity index (χ3n) is 4.45. The highest BCUT2D eigenvalue weighted by atomic mass is 16.5. The molecule has 0 heterocycles. The quantitative estimate of drug-likeness (QED) is 0.616. The zero-order valence-corrected chi connectivity index (χ0v) is 15.2. The monoisotopic (exact) mass is 331 g/mol. The molecule has 3 rings (SSSR count). The van der Waals surface area contributed by atoms with Gasteiger partial charge < -0.3 is 10.1 Å². The second-order valence-corrected chi connectivity index (χ2v) is 6.57. The van der Waals surface area contributed by atoms with Crippen LogP contribution in [0, 0.1) is 20.8 Å². The average molecular weight is 331 g/mol. The van der Waals surface area contributed by atoms with Crippen molar-refractivity contribution in [1.82, 2.24) is 0 Å². The molecule has 0 spiro atoms. The van der Waals surface area contributed by atoms with Crippen LogP contribution in [0.3, 0.4) is 0 Å². The molecule has 0 saturated carbocycles. The lowest BCUT2D eigenvalue weighted by molar-refractivity contribution is 0.306. The molecule has 2 heteroatoms. The van der Waals surface area contributed by atoms with E-state index in [0.717, 1.165) is 18.0 Å². The molecule has 0 atom stereocenters. The zero-order chi connectivity index (χ0) is 17.6. The minimum absolute atomic E-state index is 0.598. The van der Waals surface area contributed by atoms with Crippen LogP contribution < -0.4 is 10.1 Å². The van der Waals surface area contributed by atoms with E-state index < -0.39 is 0 Å². The molecular formula is C23H25NO. The standard InChI is InChI=1S/C23H25NO/c1-17-4-7-21(8-5-17)16-25-23-12-9-20(10-13-23)15-24-22-11-6-18(2)19(3)14-22/h4-14,24H,15-16H2,1-3H3. The molecule has 128 valence electrons. The summed E-state index contributed by atoms with van der Waals surface area (Å²) in [6.07, 6.45) is 0. The van der Waals surface area contributed by atoms with E-state index >= 15 is 0 Å². The Kier molecular flexibility index (Phi) is 5.39. The van der Waals surface area contributed by atoms with Gasteiger partial charge in [0.1, 0.15) is 12.4 Å². The van der Waals surface area contributed by atoms with Crippen LogP contribution in [0.5, 0.6) is 5.75 Å². The molecule has 1 N–H and O–H groups in total. The molecule has 0 fully saturated rings. The average Bonchev–Trinajstić information content (AvgIpc) is 2.63. The Morgan fingerprint density at radius 1 is 0.720 bits per heavy atom. The van der Waals surface area contributed by atoms with Crippen molar-refractivity contribution >= 4 is 5.69 Å². The molecule has 0 aliphatic heterocycles. The SMILES string of the molecule is Cc1ccc(COc2ccc(CNc3ccc(C)c(C)c3)cc2)cc1. The predicted octanol–water partition coefficient (Wildman–Crippen LogP) is 5.80. The lowest BCUT2D eigenvalue weighted by Crippen LogP contribution is -2.00. The van der Waals surface area contributed by atoms with E-state index in [4.69, 9.17) is 4.74 Å². The van der Waals surface area contributed by atoms with Crippen molar-refractivity contribution in [2.24, 2.45) is 0 Å². The fourth-order valence-corrected chi connectivity index (χ4v) is 2.61. The highest BCUT2D eigenvalue weighted by molar-refractivity contribution is 5.48. The van der Waals surface area contributed by atoms with Gasteiger partial charge in [-0.25, -0.2) is 0 Å². The van der Waals surface area contributed by atoms with Crippen molar-refractivity contribution in [3.05, 3.63) is 94.5 Å². The highest BCUT2D eigenvalue weighted by Gasteiger charge is 1.99. The Morgan fingerprint density at radius 2 is 1.40 bits per heavy atom. The first-order chi connectivity index (χ1) is 12.1. The molecule has 0 aliphatic rings. The van der Waals surface area contributed by atoms with Gasteiger partial charge in [0, 0.05) is 12.2 Å². The zero-order valence-electron chi connectivity index (χ0n) is 15.2. The van der Waals surface area contributed by atoms with Crippen molar-refractivity contribution in [1.29, 1.82) is 0 Å². The van der Waals surface area contributed by atoms with Gasteiger partial charge in [0.2, 0.25) is 0 Å². The number of benzene rings is 3. The maximum Gasteiger partial charge on any atom is 0.119 e. The summed E-state index contributed by atoms with van der Waals surface area (Å²) >= 11 is 0. The van der Waals surface area contributed by atoms with Crippen LogP contribution in [0.15, 0.2) is 66.7 Å². The van der Waals surface area contributed by atoms with Gasteiger partial charge in [0.15, 0.2) is 0 Å². The van der Waals surface area contributed by atoms with Crippen molar-refractivity contribution in [3.63, 3.8) is 0 Å².